The standard InChI is InChI=1S/C16H14N4O2S/c1-2-12(23-7-1)9-18-16-17-6-5-15(20-16)19-11-3-4-13-14(8-11)22-10-21-13/h1-8H,9-10H2,(H2,17,18,19,20). The van der Waals surface area contributed by atoms with Crippen molar-refractivity contribution in [3.8, 4) is 11.5 Å². The van der Waals surface area contributed by atoms with Gasteiger partial charge in [-0.1, -0.05) is 6.07 Å². The van der Waals surface area contributed by atoms with Gasteiger partial charge in [0.25, 0.3) is 0 Å². The van der Waals surface area contributed by atoms with Crippen LogP contribution in [0.1, 0.15) is 4.88 Å². The third kappa shape index (κ3) is 3.19. The average Bonchev–Trinajstić information content (AvgIpc) is 3.24. The molecule has 0 unspecified atom stereocenters. The van der Waals surface area contributed by atoms with E-state index in [1.54, 1.807) is 17.5 Å². The van der Waals surface area contributed by atoms with Crippen LogP contribution in [-0.2, 0) is 6.54 Å². The minimum atomic E-state index is 0.267. The Kier molecular flexibility index (Phi) is 3.69. The predicted octanol–water partition coefficient (Wildman–Crippen LogP) is 3.62. The molecule has 0 saturated heterocycles. The van der Waals surface area contributed by atoms with Gasteiger partial charge in [-0.3, -0.25) is 0 Å². The minimum absolute atomic E-state index is 0.267. The normalized spacial score (nSPS) is 12.2. The lowest BCUT2D eigenvalue weighted by Gasteiger charge is -2.08. The van der Waals surface area contributed by atoms with Gasteiger partial charge in [-0.2, -0.15) is 4.98 Å². The van der Waals surface area contributed by atoms with E-state index in [1.807, 2.05) is 30.3 Å². The number of benzene rings is 1. The Morgan fingerprint density at radius 3 is 3.00 bits per heavy atom. The van der Waals surface area contributed by atoms with Crippen molar-refractivity contribution in [2.75, 3.05) is 17.4 Å². The van der Waals surface area contributed by atoms with Crippen LogP contribution in [0.25, 0.3) is 0 Å². The summed E-state index contributed by atoms with van der Waals surface area (Å²) >= 11 is 1.70. The van der Waals surface area contributed by atoms with Crippen molar-refractivity contribution in [1.29, 1.82) is 0 Å². The van der Waals surface area contributed by atoms with E-state index in [0.29, 0.717) is 18.3 Å². The van der Waals surface area contributed by atoms with Crippen LogP contribution in [0.3, 0.4) is 0 Å². The number of aromatic nitrogens is 2. The van der Waals surface area contributed by atoms with E-state index in [-0.39, 0.29) is 6.79 Å². The van der Waals surface area contributed by atoms with Gasteiger partial charge in [0.05, 0.1) is 6.54 Å². The number of hydrogen-bond donors (Lipinski definition) is 2. The summed E-state index contributed by atoms with van der Waals surface area (Å²) < 4.78 is 10.7. The number of nitrogens with one attached hydrogen (secondary N) is 2. The summed E-state index contributed by atoms with van der Waals surface area (Å²) in [5.41, 5.74) is 0.886. The maximum atomic E-state index is 5.37. The monoisotopic (exact) mass is 326 g/mol. The Balaban J connectivity index is 1.45. The molecule has 7 heteroatoms. The molecule has 2 aromatic heterocycles. The first-order valence-corrected chi connectivity index (χ1v) is 8.01. The van der Waals surface area contributed by atoms with Crippen molar-refractivity contribution < 1.29 is 9.47 Å². The number of anilines is 3. The van der Waals surface area contributed by atoms with E-state index >= 15 is 0 Å². The van der Waals surface area contributed by atoms with Crippen LogP contribution in [0.4, 0.5) is 17.5 Å². The highest BCUT2D eigenvalue weighted by Gasteiger charge is 2.13. The Labute approximate surface area is 137 Å². The van der Waals surface area contributed by atoms with E-state index in [4.69, 9.17) is 9.47 Å². The zero-order valence-electron chi connectivity index (χ0n) is 12.2. The highest BCUT2D eigenvalue weighted by atomic mass is 32.1. The number of rotatable bonds is 5. The Morgan fingerprint density at radius 2 is 2.09 bits per heavy atom. The van der Waals surface area contributed by atoms with Gasteiger partial charge in [0.2, 0.25) is 12.7 Å². The Bertz CT molecular complexity index is 808. The highest BCUT2D eigenvalue weighted by molar-refractivity contribution is 7.09. The Hall–Kier alpha value is -2.80. The average molecular weight is 326 g/mol. The first kappa shape index (κ1) is 13.8. The van der Waals surface area contributed by atoms with Gasteiger partial charge < -0.3 is 20.1 Å². The number of hydrogen-bond acceptors (Lipinski definition) is 7. The van der Waals surface area contributed by atoms with Gasteiger partial charge in [-0.15, -0.1) is 11.3 Å². The quantitative estimate of drug-likeness (QED) is 0.746. The van der Waals surface area contributed by atoms with Crippen molar-refractivity contribution in [2.45, 2.75) is 6.54 Å². The van der Waals surface area contributed by atoms with Gasteiger partial charge in [0.1, 0.15) is 5.82 Å². The van der Waals surface area contributed by atoms with Gasteiger partial charge in [0, 0.05) is 22.8 Å². The molecule has 4 rings (SSSR count). The number of ether oxygens (including phenoxy) is 2. The zero-order chi connectivity index (χ0) is 15.5. The second-order valence-corrected chi connectivity index (χ2v) is 5.92. The molecular formula is C16H14N4O2S. The fourth-order valence-electron chi connectivity index (χ4n) is 2.22. The van der Waals surface area contributed by atoms with Crippen LogP contribution in [0.5, 0.6) is 11.5 Å². The van der Waals surface area contributed by atoms with Gasteiger partial charge in [-0.05, 0) is 29.6 Å². The molecular weight excluding hydrogens is 312 g/mol. The smallest absolute Gasteiger partial charge is 0.231 e. The molecule has 0 fully saturated rings. The molecule has 6 nitrogen and oxygen atoms in total. The predicted molar refractivity (Wildman–Crippen MR) is 89.5 cm³/mol. The molecule has 116 valence electrons. The van der Waals surface area contributed by atoms with Crippen molar-refractivity contribution >= 4 is 28.8 Å². The third-order valence-electron chi connectivity index (χ3n) is 3.30. The fraction of sp³-hybridized carbons (Fsp3) is 0.125. The molecule has 0 saturated carbocycles. The second kappa shape index (κ2) is 6.13. The summed E-state index contributed by atoms with van der Waals surface area (Å²) in [5, 5.41) is 8.51. The first-order valence-electron chi connectivity index (χ1n) is 7.13. The molecule has 1 aliphatic rings. The molecule has 3 heterocycles. The fourth-order valence-corrected chi connectivity index (χ4v) is 2.86. The SMILES string of the molecule is c1csc(CNc2nccc(Nc3ccc4c(c3)OCO4)n2)c1. The molecule has 0 radical (unpaired) electrons. The van der Waals surface area contributed by atoms with Crippen LogP contribution < -0.4 is 20.1 Å². The number of nitrogens with zero attached hydrogens (tertiary/aromatic N) is 2. The molecule has 3 aromatic rings. The zero-order valence-corrected chi connectivity index (χ0v) is 13.0. The van der Waals surface area contributed by atoms with Crippen LogP contribution in [0.2, 0.25) is 0 Å². The van der Waals surface area contributed by atoms with E-state index in [9.17, 15) is 0 Å². The van der Waals surface area contributed by atoms with Gasteiger partial charge in [-0.25, -0.2) is 4.98 Å². The summed E-state index contributed by atoms with van der Waals surface area (Å²) in [5.74, 6) is 2.80. The molecule has 1 aromatic carbocycles. The van der Waals surface area contributed by atoms with E-state index < -0.39 is 0 Å². The van der Waals surface area contributed by atoms with Gasteiger partial charge in [0.15, 0.2) is 11.5 Å². The molecule has 0 amide bonds. The molecule has 0 bridgehead atoms. The summed E-state index contributed by atoms with van der Waals surface area (Å²) in [4.78, 5) is 9.93. The molecule has 0 spiro atoms. The summed E-state index contributed by atoms with van der Waals surface area (Å²) in [6, 6.07) is 11.6. The van der Waals surface area contributed by atoms with Crippen LogP contribution in [0, 0.1) is 0 Å². The number of fused-ring (bicyclic) bond motifs is 1. The maximum absolute atomic E-state index is 5.37. The molecule has 2 N–H and O–H groups in total. The van der Waals surface area contributed by atoms with E-state index in [2.05, 4.69) is 32.0 Å². The van der Waals surface area contributed by atoms with Gasteiger partial charge >= 0.3 is 0 Å². The summed E-state index contributed by atoms with van der Waals surface area (Å²) in [6.45, 7) is 0.980. The molecule has 23 heavy (non-hydrogen) atoms. The topological polar surface area (TPSA) is 68.3 Å². The lowest BCUT2D eigenvalue weighted by Crippen LogP contribution is -2.04. The lowest BCUT2D eigenvalue weighted by atomic mass is 10.3. The van der Waals surface area contributed by atoms with Crippen LogP contribution in [0.15, 0.2) is 48.0 Å². The van der Waals surface area contributed by atoms with E-state index in [1.165, 1.54) is 4.88 Å². The van der Waals surface area contributed by atoms with Crippen LogP contribution in [-0.4, -0.2) is 16.8 Å². The highest BCUT2D eigenvalue weighted by Crippen LogP contribution is 2.34. The Morgan fingerprint density at radius 1 is 1.13 bits per heavy atom. The second-order valence-electron chi connectivity index (χ2n) is 4.89. The van der Waals surface area contributed by atoms with Crippen molar-refractivity contribution in [3.05, 3.63) is 52.9 Å². The summed E-state index contributed by atoms with van der Waals surface area (Å²) in [6.07, 6.45) is 1.72. The first-order chi connectivity index (χ1) is 11.4. The number of thiophene rings is 1. The largest absolute Gasteiger partial charge is 0.454 e. The molecule has 0 aliphatic carbocycles. The van der Waals surface area contributed by atoms with Crippen molar-refractivity contribution in [3.63, 3.8) is 0 Å². The molecule has 1 aliphatic heterocycles. The lowest BCUT2D eigenvalue weighted by molar-refractivity contribution is 0.174. The summed E-state index contributed by atoms with van der Waals surface area (Å²) in [7, 11) is 0. The third-order valence-corrected chi connectivity index (χ3v) is 4.18. The molecule has 0 atom stereocenters. The van der Waals surface area contributed by atoms with Crippen molar-refractivity contribution in [2.24, 2.45) is 0 Å². The maximum Gasteiger partial charge on any atom is 0.231 e. The van der Waals surface area contributed by atoms with Crippen molar-refractivity contribution in [1.82, 2.24) is 9.97 Å². The van der Waals surface area contributed by atoms with Crippen LogP contribution >= 0.6 is 11.3 Å². The van der Waals surface area contributed by atoms with E-state index in [0.717, 1.165) is 17.2 Å². The minimum Gasteiger partial charge on any atom is -0.454 e.